The first kappa shape index (κ1) is 34.8. The van der Waals surface area contributed by atoms with Gasteiger partial charge in [0, 0.05) is 38.8 Å². The predicted molar refractivity (Wildman–Crippen MR) is 248 cm³/mol. The van der Waals surface area contributed by atoms with Crippen LogP contribution in [0.1, 0.15) is 25.0 Å². The fraction of sp³-hybridized carbons (Fsp3) is 0.0526. The second-order valence-corrected chi connectivity index (χ2v) is 16.1. The van der Waals surface area contributed by atoms with Crippen molar-refractivity contribution in [2.24, 2.45) is 0 Å². The van der Waals surface area contributed by atoms with Crippen LogP contribution in [0.2, 0.25) is 0 Å². The standard InChI is InChI=1S/C57H41NO/c1-57(2)51-23-13-11-20-47(51)48-34-33-44(37-52(48)57)58(42-29-25-39(26-30-42)38-15-5-3-6-16-38)43-31-27-41(28-32-43)46-35-36-54-56(50-22-12-14-24-53(50)59-54)55(46)49-21-10-9-19-45(49)40-17-7-4-8-18-40/h3-37H,1-2H3. The van der Waals surface area contributed by atoms with Crippen LogP contribution in [0.15, 0.2) is 217 Å². The minimum atomic E-state index is -0.114. The monoisotopic (exact) mass is 755 g/mol. The van der Waals surface area contributed by atoms with E-state index in [0.717, 1.165) is 50.1 Å². The molecular formula is C57H41NO. The molecule has 0 atom stereocenters. The molecule has 9 aromatic carbocycles. The van der Waals surface area contributed by atoms with E-state index in [1.54, 1.807) is 0 Å². The topological polar surface area (TPSA) is 16.4 Å². The Kier molecular flexibility index (Phi) is 8.20. The smallest absolute Gasteiger partial charge is 0.136 e. The van der Waals surface area contributed by atoms with Crippen molar-refractivity contribution in [2.75, 3.05) is 4.90 Å². The van der Waals surface area contributed by atoms with E-state index in [0.29, 0.717) is 0 Å². The van der Waals surface area contributed by atoms with Gasteiger partial charge in [-0.25, -0.2) is 0 Å². The highest BCUT2D eigenvalue weighted by Crippen LogP contribution is 2.51. The fourth-order valence-electron chi connectivity index (χ4n) is 9.41. The minimum Gasteiger partial charge on any atom is -0.456 e. The summed E-state index contributed by atoms with van der Waals surface area (Å²) in [5.41, 5.74) is 19.8. The van der Waals surface area contributed by atoms with Gasteiger partial charge in [-0.2, -0.15) is 0 Å². The van der Waals surface area contributed by atoms with Crippen LogP contribution in [0.5, 0.6) is 0 Å². The van der Waals surface area contributed by atoms with E-state index >= 15 is 0 Å². The first-order valence-corrected chi connectivity index (χ1v) is 20.4. The van der Waals surface area contributed by atoms with Crippen LogP contribution in [0.3, 0.4) is 0 Å². The Labute approximate surface area is 345 Å². The minimum absolute atomic E-state index is 0.114. The highest BCUT2D eigenvalue weighted by Gasteiger charge is 2.35. The molecule has 0 saturated carbocycles. The predicted octanol–water partition coefficient (Wildman–Crippen LogP) is 16.0. The second kappa shape index (κ2) is 13.9. The van der Waals surface area contributed by atoms with E-state index in [1.165, 1.54) is 55.6 Å². The number of hydrogen-bond acceptors (Lipinski definition) is 2. The van der Waals surface area contributed by atoms with Crippen molar-refractivity contribution in [1.82, 2.24) is 0 Å². The summed E-state index contributed by atoms with van der Waals surface area (Å²) >= 11 is 0. The molecule has 1 aromatic heterocycles. The molecule has 0 aliphatic heterocycles. The molecule has 0 amide bonds. The summed E-state index contributed by atoms with van der Waals surface area (Å²) in [5, 5.41) is 2.25. The van der Waals surface area contributed by atoms with Crippen molar-refractivity contribution in [2.45, 2.75) is 19.3 Å². The van der Waals surface area contributed by atoms with Crippen LogP contribution in [0.25, 0.3) is 77.6 Å². The normalized spacial score (nSPS) is 12.7. The molecule has 2 nitrogen and oxygen atoms in total. The Morgan fingerprint density at radius 2 is 0.864 bits per heavy atom. The highest BCUT2D eigenvalue weighted by molar-refractivity contribution is 6.17. The average molecular weight is 756 g/mol. The van der Waals surface area contributed by atoms with Crippen molar-refractivity contribution in [3.05, 3.63) is 223 Å². The molecular weight excluding hydrogens is 715 g/mol. The van der Waals surface area contributed by atoms with Gasteiger partial charge in [0.25, 0.3) is 0 Å². The molecule has 0 unspecified atom stereocenters. The molecule has 280 valence electrons. The lowest BCUT2D eigenvalue weighted by atomic mass is 9.82. The summed E-state index contributed by atoms with van der Waals surface area (Å²) in [6, 6.07) is 76.8. The van der Waals surface area contributed by atoms with Gasteiger partial charge in [0.15, 0.2) is 0 Å². The zero-order valence-corrected chi connectivity index (χ0v) is 33.1. The van der Waals surface area contributed by atoms with Gasteiger partial charge in [-0.05, 0) is 110 Å². The van der Waals surface area contributed by atoms with E-state index in [2.05, 4.69) is 225 Å². The van der Waals surface area contributed by atoms with Crippen molar-refractivity contribution in [3.8, 4) is 55.6 Å². The number of fused-ring (bicyclic) bond motifs is 6. The number of furan rings is 1. The number of rotatable bonds is 7. The van der Waals surface area contributed by atoms with Crippen molar-refractivity contribution >= 4 is 39.0 Å². The van der Waals surface area contributed by atoms with Gasteiger partial charge in [0.1, 0.15) is 11.2 Å². The zero-order chi connectivity index (χ0) is 39.5. The van der Waals surface area contributed by atoms with Gasteiger partial charge in [-0.1, -0.05) is 178 Å². The quantitative estimate of drug-likeness (QED) is 0.161. The lowest BCUT2D eigenvalue weighted by Gasteiger charge is -2.28. The van der Waals surface area contributed by atoms with E-state index in [-0.39, 0.29) is 5.41 Å². The third kappa shape index (κ3) is 5.79. The SMILES string of the molecule is CC1(C)c2ccccc2-c2ccc(N(c3ccc(-c4ccccc4)cc3)c3ccc(-c4ccc5oc6ccccc6c5c4-c4ccccc4-c4ccccc4)cc3)cc21. The Morgan fingerprint density at radius 1 is 0.356 bits per heavy atom. The molecule has 0 fully saturated rings. The van der Waals surface area contributed by atoms with E-state index in [9.17, 15) is 0 Å². The van der Waals surface area contributed by atoms with E-state index in [1.807, 2.05) is 6.07 Å². The van der Waals surface area contributed by atoms with Crippen LogP contribution in [0, 0.1) is 0 Å². The summed E-state index contributed by atoms with van der Waals surface area (Å²) in [7, 11) is 0. The summed E-state index contributed by atoms with van der Waals surface area (Å²) in [6.07, 6.45) is 0. The molecule has 10 aromatic rings. The van der Waals surface area contributed by atoms with Crippen LogP contribution >= 0.6 is 0 Å². The van der Waals surface area contributed by atoms with E-state index < -0.39 is 0 Å². The van der Waals surface area contributed by atoms with Gasteiger partial charge in [0.2, 0.25) is 0 Å². The van der Waals surface area contributed by atoms with E-state index in [4.69, 9.17) is 4.42 Å². The lowest BCUT2D eigenvalue weighted by molar-refractivity contribution is 0.660. The fourth-order valence-corrected chi connectivity index (χ4v) is 9.41. The van der Waals surface area contributed by atoms with Gasteiger partial charge in [-0.15, -0.1) is 0 Å². The number of hydrogen-bond donors (Lipinski definition) is 0. The zero-order valence-electron chi connectivity index (χ0n) is 33.1. The maximum atomic E-state index is 6.50. The van der Waals surface area contributed by atoms with Gasteiger partial charge in [-0.3, -0.25) is 0 Å². The van der Waals surface area contributed by atoms with Gasteiger partial charge in [0.05, 0.1) is 0 Å². The molecule has 1 aliphatic carbocycles. The van der Waals surface area contributed by atoms with Crippen LogP contribution in [-0.4, -0.2) is 0 Å². The summed E-state index contributed by atoms with van der Waals surface area (Å²) < 4.78 is 6.50. The molecule has 0 radical (unpaired) electrons. The second-order valence-electron chi connectivity index (χ2n) is 16.1. The number of anilines is 3. The average Bonchev–Trinajstić information content (AvgIpc) is 3.79. The third-order valence-electron chi connectivity index (χ3n) is 12.3. The Morgan fingerprint density at radius 3 is 1.59 bits per heavy atom. The summed E-state index contributed by atoms with van der Waals surface area (Å²) in [5.74, 6) is 0. The van der Waals surface area contributed by atoms with Crippen molar-refractivity contribution < 1.29 is 4.42 Å². The van der Waals surface area contributed by atoms with Gasteiger partial charge >= 0.3 is 0 Å². The largest absolute Gasteiger partial charge is 0.456 e. The molecule has 0 N–H and O–H groups in total. The van der Waals surface area contributed by atoms with Crippen molar-refractivity contribution in [1.29, 1.82) is 0 Å². The van der Waals surface area contributed by atoms with Crippen LogP contribution in [0.4, 0.5) is 17.1 Å². The molecule has 11 rings (SSSR count). The van der Waals surface area contributed by atoms with Crippen LogP contribution < -0.4 is 4.90 Å². The summed E-state index contributed by atoms with van der Waals surface area (Å²) in [6.45, 7) is 4.70. The Bertz CT molecular complexity index is 3160. The first-order chi connectivity index (χ1) is 29.0. The molecule has 2 heteroatoms. The molecule has 1 heterocycles. The number of para-hydroxylation sites is 1. The van der Waals surface area contributed by atoms with Crippen molar-refractivity contribution in [3.63, 3.8) is 0 Å². The van der Waals surface area contributed by atoms with Crippen LogP contribution in [-0.2, 0) is 5.41 Å². The molecule has 1 aliphatic rings. The summed E-state index contributed by atoms with van der Waals surface area (Å²) in [4.78, 5) is 2.40. The molecule has 0 spiro atoms. The molecule has 59 heavy (non-hydrogen) atoms. The Hall–Kier alpha value is -7.42. The van der Waals surface area contributed by atoms with Gasteiger partial charge < -0.3 is 9.32 Å². The molecule has 0 saturated heterocycles. The molecule has 0 bridgehead atoms. The highest BCUT2D eigenvalue weighted by atomic mass is 16.3. The number of benzene rings is 9. The maximum Gasteiger partial charge on any atom is 0.136 e. The first-order valence-electron chi connectivity index (χ1n) is 20.4. The lowest BCUT2D eigenvalue weighted by Crippen LogP contribution is -2.16. The third-order valence-corrected chi connectivity index (χ3v) is 12.3. The number of nitrogens with zero attached hydrogens (tertiary/aromatic N) is 1. The Balaban J connectivity index is 1.08. The maximum absolute atomic E-state index is 6.50.